The average Bonchev–Trinajstić information content (AvgIpc) is 2.57. The molecule has 8 heteroatoms. The minimum absolute atomic E-state index is 0.0719. The highest BCUT2D eigenvalue weighted by atomic mass is 19.4. The lowest BCUT2D eigenvalue weighted by Gasteiger charge is -2.16. The van der Waals surface area contributed by atoms with E-state index in [4.69, 9.17) is 0 Å². The smallest absolute Gasteiger partial charge is 0.343 e. The van der Waals surface area contributed by atoms with Gasteiger partial charge < -0.3 is 9.80 Å². The van der Waals surface area contributed by atoms with Crippen LogP contribution in [0.3, 0.4) is 0 Å². The molecule has 0 spiro atoms. The van der Waals surface area contributed by atoms with Gasteiger partial charge in [-0.25, -0.2) is 0 Å². The van der Waals surface area contributed by atoms with Crippen LogP contribution in [-0.4, -0.2) is 53.2 Å². The molecule has 0 aliphatic carbocycles. The molecule has 0 fully saturated rings. The number of hydrogen-bond acceptors (Lipinski definition) is 3. The zero-order chi connectivity index (χ0) is 15.1. The van der Waals surface area contributed by atoms with E-state index in [1.807, 2.05) is 0 Å². The van der Waals surface area contributed by atoms with Crippen molar-refractivity contribution in [3.63, 3.8) is 0 Å². The number of hydrogen-bond donors (Lipinski definition) is 0. The van der Waals surface area contributed by atoms with Crippen molar-refractivity contribution in [1.82, 2.24) is 19.6 Å². The summed E-state index contributed by atoms with van der Waals surface area (Å²) in [5.41, 5.74) is -1.33. The molecule has 1 aliphatic heterocycles. The van der Waals surface area contributed by atoms with Crippen LogP contribution in [-0.2, 0) is 19.3 Å². The molecule has 2 heterocycles. The first-order chi connectivity index (χ1) is 9.21. The minimum atomic E-state index is -4.58. The van der Waals surface area contributed by atoms with Crippen molar-refractivity contribution in [2.45, 2.75) is 25.7 Å². The van der Waals surface area contributed by atoms with E-state index in [-0.39, 0.29) is 12.2 Å². The monoisotopic (exact) mass is 290 g/mol. The third-order valence-corrected chi connectivity index (χ3v) is 3.28. The predicted octanol–water partition coefficient (Wildman–Crippen LogP) is 1.44. The Kier molecular flexibility index (Phi) is 3.77. The van der Waals surface area contributed by atoms with Gasteiger partial charge in [0.2, 0.25) is 0 Å². The summed E-state index contributed by atoms with van der Waals surface area (Å²) in [7, 11) is 4.59. The summed E-state index contributed by atoms with van der Waals surface area (Å²) in [6, 6.07) is 0. The van der Waals surface area contributed by atoms with Gasteiger partial charge in [0.15, 0.2) is 5.69 Å². The Balaban J connectivity index is 2.59. The van der Waals surface area contributed by atoms with Gasteiger partial charge in [-0.05, 0) is 13.5 Å². The van der Waals surface area contributed by atoms with Crippen molar-refractivity contribution in [3.05, 3.63) is 17.0 Å². The lowest BCUT2D eigenvalue weighted by molar-refractivity contribution is -0.138. The fourth-order valence-electron chi connectivity index (χ4n) is 2.33. The molecule has 20 heavy (non-hydrogen) atoms. The van der Waals surface area contributed by atoms with Gasteiger partial charge in [-0.1, -0.05) is 0 Å². The maximum atomic E-state index is 13.3. The third kappa shape index (κ3) is 2.65. The van der Waals surface area contributed by atoms with Crippen LogP contribution < -0.4 is 0 Å². The summed E-state index contributed by atoms with van der Waals surface area (Å²) >= 11 is 0. The van der Waals surface area contributed by atoms with Gasteiger partial charge in [0.1, 0.15) is 5.56 Å². The molecule has 0 radical (unpaired) electrons. The molecule has 0 saturated carbocycles. The Bertz CT molecular complexity index is 522. The molecule has 5 nitrogen and oxygen atoms in total. The molecule has 0 bridgehead atoms. The normalized spacial score (nSPS) is 16.7. The van der Waals surface area contributed by atoms with E-state index in [1.165, 1.54) is 18.8 Å². The number of halogens is 3. The van der Waals surface area contributed by atoms with Crippen LogP contribution in [0, 0.1) is 0 Å². The van der Waals surface area contributed by atoms with Crippen LogP contribution in [0.15, 0.2) is 0 Å². The van der Waals surface area contributed by atoms with Crippen LogP contribution in [0.1, 0.15) is 28.2 Å². The first-order valence-corrected chi connectivity index (χ1v) is 6.29. The van der Waals surface area contributed by atoms with Gasteiger partial charge in [-0.15, -0.1) is 0 Å². The molecule has 0 aromatic carbocycles. The Morgan fingerprint density at radius 2 is 1.95 bits per heavy atom. The lowest BCUT2D eigenvalue weighted by atomic mass is 10.1. The molecule has 0 atom stereocenters. The highest BCUT2D eigenvalue weighted by molar-refractivity contribution is 5.93. The molecule has 1 aliphatic rings. The summed E-state index contributed by atoms with van der Waals surface area (Å²) < 4.78 is 41.3. The van der Waals surface area contributed by atoms with E-state index < -0.39 is 23.3 Å². The number of amides is 1. The number of carbonyl (C=O) groups excluding carboxylic acids is 1. The summed E-state index contributed by atoms with van der Waals surface area (Å²) in [6.07, 6.45) is -3.88. The van der Waals surface area contributed by atoms with E-state index in [2.05, 4.69) is 5.10 Å². The summed E-state index contributed by atoms with van der Waals surface area (Å²) in [5.74, 6) is -0.722. The molecule has 0 saturated heterocycles. The zero-order valence-corrected chi connectivity index (χ0v) is 11.7. The van der Waals surface area contributed by atoms with Crippen molar-refractivity contribution >= 4 is 5.91 Å². The zero-order valence-electron chi connectivity index (χ0n) is 11.7. The standard InChI is InChI=1S/C12H17F3N4O/c1-17(2)11(20)10-9(12(13,14)15)8-7-18(3)5-4-6-19(8)16-10/h4-7H2,1-3H3. The number of nitrogens with zero attached hydrogens (tertiary/aromatic N) is 4. The van der Waals surface area contributed by atoms with E-state index in [9.17, 15) is 18.0 Å². The number of fused-ring (bicyclic) bond motifs is 1. The van der Waals surface area contributed by atoms with E-state index in [1.54, 1.807) is 11.9 Å². The van der Waals surface area contributed by atoms with Gasteiger partial charge >= 0.3 is 6.18 Å². The van der Waals surface area contributed by atoms with Crippen LogP contribution in [0.2, 0.25) is 0 Å². The number of rotatable bonds is 1. The second-order valence-corrected chi connectivity index (χ2v) is 5.18. The highest BCUT2D eigenvalue weighted by Gasteiger charge is 2.42. The largest absolute Gasteiger partial charge is 0.420 e. The number of aryl methyl sites for hydroxylation is 1. The Morgan fingerprint density at radius 3 is 2.50 bits per heavy atom. The van der Waals surface area contributed by atoms with Crippen molar-refractivity contribution in [1.29, 1.82) is 0 Å². The first-order valence-electron chi connectivity index (χ1n) is 6.29. The second-order valence-electron chi connectivity index (χ2n) is 5.18. The molecule has 2 rings (SSSR count). The SMILES string of the molecule is CN1CCCn2nc(C(=O)N(C)C)c(C(F)(F)F)c2C1. The minimum Gasteiger partial charge on any atom is -0.343 e. The maximum absolute atomic E-state index is 13.3. The molecule has 112 valence electrons. The molecule has 0 N–H and O–H groups in total. The maximum Gasteiger partial charge on any atom is 0.420 e. The topological polar surface area (TPSA) is 41.4 Å². The van der Waals surface area contributed by atoms with Gasteiger partial charge in [-0.2, -0.15) is 18.3 Å². The number of aromatic nitrogens is 2. The quantitative estimate of drug-likeness (QED) is 0.786. The summed E-state index contributed by atoms with van der Waals surface area (Å²) in [5, 5.41) is 3.91. The molecular formula is C12H17F3N4O. The number of carbonyl (C=O) groups is 1. The van der Waals surface area contributed by atoms with Gasteiger partial charge in [-0.3, -0.25) is 9.48 Å². The first kappa shape index (κ1) is 14.8. The van der Waals surface area contributed by atoms with Crippen molar-refractivity contribution in [3.8, 4) is 0 Å². The molecule has 0 unspecified atom stereocenters. The number of alkyl halides is 3. The van der Waals surface area contributed by atoms with Crippen LogP contribution in [0.25, 0.3) is 0 Å². The average molecular weight is 290 g/mol. The van der Waals surface area contributed by atoms with Crippen LogP contribution >= 0.6 is 0 Å². The van der Waals surface area contributed by atoms with Gasteiger partial charge in [0.05, 0.1) is 5.69 Å². The third-order valence-electron chi connectivity index (χ3n) is 3.28. The fourth-order valence-corrected chi connectivity index (χ4v) is 2.33. The van der Waals surface area contributed by atoms with Crippen LogP contribution in [0.5, 0.6) is 0 Å². The van der Waals surface area contributed by atoms with E-state index in [0.29, 0.717) is 19.5 Å². The second kappa shape index (κ2) is 5.08. The van der Waals surface area contributed by atoms with E-state index in [0.717, 1.165) is 4.90 Å². The molecule has 1 amide bonds. The lowest BCUT2D eigenvalue weighted by Crippen LogP contribution is -2.26. The van der Waals surface area contributed by atoms with Crippen molar-refractivity contribution in [2.75, 3.05) is 27.7 Å². The highest BCUT2D eigenvalue weighted by Crippen LogP contribution is 2.36. The summed E-state index contributed by atoms with van der Waals surface area (Å²) in [6.45, 7) is 1.24. The predicted molar refractivity (Wildman–Crippen MR) is 66.2 cm³/mol. The van der Waals surface area contributed by atoms with E-state index >= 15 is 0 Å². The Labute approximate surface area is 114 Å². The summed E-state index contributed by atoms with van der Waals surface area (Å²) in [4.78, 5) is 14.9. The molecule has 1 aromatic heterocycles. The van der Waals surface area contributed by atoms with Crippen LogP contribution in [0.4, 0.5) is 13.2 Å². The molecular weight excluding hydrogens is 273 g/mol. The Morgan fingerprint density at radius 1 is 1.30 bits per heavy atom. The Hall–Kier alpha value is -1.57. The van der Waals surface area contributed by atoms with Crippen molar-refractivity contribution in [2.24, 2.45) is 0 Å². The van der Waals surface area contributed by atoms with Crippen molar-refractivity contribution < 1.29 is 18.0 Å². The van der Waals surface area contributed by atoms with Gasteiger partial charge in [0, 0.05) is 33.7 Å². The molecule has 1 aromatic rings. The van der Waals surface area contributed by atoms with Gasteiger partial charge in [0.25, 0.3) is 5.91 Å². The fraction of sp³-hybridized carbons (Fsp3) is 0.667.